The first kappa shape index (κ1) is 18.6. The number of hydrogen-bond acceptors (Lipinski definition) is 5. The number of hydrogen-bond donors (Lipinski definition) is 0. The molecule has 6 heteroatoms. The molecule has 0 fully saturated rings. The van der Waals surface area contributed by atoms with Gasteiger partial charge in [-0.3, -0.25) is 4.79 Å². The minimum absolute atomic E-state index is 0.0590. The predicted octanol–water partition coefficient (Wildman–Crippen LogP) is 5.42. The number of halogens is 1. The van der Waals surface area contributed by atoms with Gasteiger partial charge in [0.15, 0.2) is 5.57 Å². The molecule has 0 saturated carbocycles. The molecule has 3 rings (SSSR count). The first-order chi connectivity index (χ1) is 13.1. The number of allylic oxidation sites excluding steroid dienone is 5. The first-order valence-electron chi connectivity index (χ1n) is 7.88. The Morgan fingerprint density at radius 2 is 1.85 bits per heavy atom. The largest absolute Gasteiger partial charge is 0.312 e. The Bertz CT molecular complexity index is 1050. The Balaban J connectivity index is 2.15. The van der Waals surface area contributed by atoms with Crippen molar-refractivity contribution in [3.63, 3.8) is 0 Å². The predicted molar refractivity (Wildman–Crippen MR) is 109 cm³/mol. The highest BCUT2D eigenvalue weighted by Crippen LogP contribution is 2.27. The van der Waals surface area contributed by atoms with E-state index in [1.54, 1.807) is 59.7 Å². The number of benzene rings is 1. The average Bonchev–Trinajstić information content (AvgIpc) is 3.21. The Morgan fingerprint density at radius 1 is 1.11 bits per heavy atom. The van der Waals surface area contributed by atoms with Crippen molar-refractivity contribution in [2.75, 3.05) is 0 Å². The van der Waals surface area contributed by atoms with Crippen molar-refractivity contribution in [3.8, 4) is 12.1 Å². The molecule has 0 bridgehead atoms. The summed E-state index contributed by atoms with van der Waals surface area (Å²) in [5, 5.41) is 20.5. The summed E-state index contributed by atoms with van der Waals surface area (Å²) in [6.07, 6.45) is 8.59. The van der Waals surface area contributed by atoms with E-state index in [1.807, 2.05) is 29.7 Å². The molecule has 1 aromatic carbocycles. The summed E-state index contributed by atoms with van der Waals surface area (Å²) < 4.78 is 0.875. The van der Waals surface area contributed by atoms with Gasteiger partial charge in [-0.05, 0) is 53.9 Å². The molecule has 0 amide bonds. The minimum atomic E-state index is -0.205. The van der Waals surface area contributed by atoms with Crippen LogP contribution in [0.25, 0.3) is 6.08 Å². The lowest BCUT2D eigenvalue weighted by Gasteiger charge is -2.26. The fourth-order valence-corrected chi connectivity index (χ4v) is 3.41. The Morgan fingerprint density at radius 3 is 2.48 bits per heavy atom. The van der Waals surface area contributed by atoms with Crippen molar-refractivity contribution in [2.45, 2.75) is 0 Å². The summed E-state index contributed by atoms with van der Waals surface area (Å²) in [5.74, 6) is -0.205. The highest BCUT2D eigenvalue weighted by molar-refractivity contribution is 9.10. The number of thiophene rings is 1. The third-order valence-electron chi connectivity index (χ3n) is 3.76. The van der Waals surface area contributed by atoms with Gasteiger partial charge in [0.2, 0.25) is 5.78 Å². The third-order valence-corrected chi connectivity index (χ3v) is 5.11. The molecule has 0 unspecified atom stereocenters. The number of rotatable bonds is 4. The van der Waals surface area contributed by atoms with Crippen LogP contribution in [0.5, 0.6) is 0 Å². The second kappa shape index (κ2) is 8.46. The molecule has 4 nitrogen and oxygen atoms in total. The smallest absolute Gasteiger partial charge is 0.209 e. The van der Waals surface area contributed by atoms with Crippen molar-refractivity contribution in [1.29, 1.82) is 10.5 Å². The van der Waals surface area contributed by atoms with Crippen LogP contribution in [-0.4, -0.2) is 10.7 Å². The van der Waals surface area contributed by atoms with Crippen LogP contribution >= 0.6 is 27.3 Å². The summed E-state index contributed by atoms with van der Waals surface area (Å²) >= 11 is 4.87. The van der Waals surface area contributed by atoms with Gasteiger partial charge in [-0.25, -0.2) is 0 Å². The van der Waals surface area contributed by atoms with Gasteiger partial charge in [-0.1, -0.05) is 28.1 Å². The number of nitriles is 2. The van der Waals surface area contributed by atoms with E-state index in [4.69, 9.17) is 0 Å². The molecule has 2 heterocycles. The van der Waals surface area contributed by atoms with E-state index in [1.165, 1.54) is 11.3 Å². The normalized spacial score (nSPS) is 13.2. The lowest BCUT2D eigenvalue weighted by Crippen LogP contribution is -2.24. The molecule has 0 atom stereocenters. The molecule has 0 aliphatic carbocycles. The Labute approximate surface area is 169 Å². The third kappa shape index (κ3) is 4.15. The van der Waals surface area contributed by atoms with Crippen LogP contribution in [0, 0.1) is 22.7 Å². The van der Waals surface area contributed by atoms with E-state index in [9.17, 15) is 15.3 Å². The summed E-state index contributed by atoms with van der Waals surface area (Å²) in [5.41, 5.74) is 1.18. The van der Waals surface area contributed by atoms with Crippen LogP contribution in [0.3, 0.4) is 0 Å². The van der Waals surface area contributed by atoms with E-state index >= 15 is 0 Å². The molecule has 0 saturated heterocycles. The maximum atomic E-state index is 13.3. The summed E-state index contributed by atoms with van der Waals surface area (Å²) in [6.45, 7) is 0. The Hall–Kier alpha value is -3.19. The monoisotopic (exact) mass is 433 g/mol. The van der Waals surface area contributed by atoms with Crippen LogP contribution in [0.1, 0.15) is 15.2 Å². The van der Waals surface area contributed by atoms with Crippen LogP contribution in [0.2, 0.25) is 0 Å². The molecule has 0 N–H and O–H groups in total. The molecule has 1 aromatic heterocycles. The van der Waals surface area contributed by atoms with Gasteiger partial charge in [0.1, 0.15) is 12.1 Å². The number of carbonyl (C=O) groups is 1. The quantitative estimate of drug-likeness (QED) is 0.366. The van der Waals surface area contributed by atoms with Gasteiger partial charge in [-0.15, -0.1) is 11.3 Å². The van der Waals surface area contributed by atoms with E-state index < -0.39 is 0 Å². The number of Topliss-reactive ketones (excluding diaryl/α,β-unsaturated/α-hetero) is 1. The summed E-state index contributed by atoms with van der Waals surface area (Å²) in [7, 11) is 0. The van der Waals surface area contributed by atoms with Gasteiger partial charge in [-0.2, -0.15) is 10.5 Å². The summed E-state index contributed by atoms with van der Waals surface area (Å²) in [6, 6.07) is 14.7. The van der Waals surface area contributed by atoms with Crippen LogP contribution in [0.4, 0.5) is 0 Å². The molecule has 1 aliphatic rings. The van der Waals surface area contributed by atoms with Crippen molar-refractivity contribution < 1.29 is 4.79 Å². The summed E-state index contributed by atoms with van der Waals surface area (Å²) in [4.78, 5) is 15.7. The Kier molecular flexibility index (Phi) is 5.83. The van der Waals surface area contributed by atoms with E-state index in [2.05, 4.69) is 15.9 Å². The molecule has 0 spiro atoms. The molecular weight excluding hydrogens is 422 g/mol. The topological polar surface area (TPSA) is 67.9 Å². The number of nitrogens with zero attached hydrogens (tertiary/aromatic N) is 3. The fourth-order valence-electron chi connectivity index (χ4n) is 2.50. The van der Waals surface area contributed by atoms with Crippen LogP contribution < -0.4 is 0 Å². The van der Waals surface area contributed by atoms with Crippen LogP contribution in [-0.2, 0) is 0 Å². The van der Waals surface area contributed by atoms with Gasteiger partial charge in [0.25, 0.3) is 0 Å². The van der Waals surface area contributed by atoms with E-state index in [0.29, 0.717) is 17.0 Å². The van der Waals surface area contributed by atoms with Crippen molar-refractivity contribution in [1.82, 2.24) is 4.90 Å². The second-order valence-corrected chi connectivity index (χ2v) is 7.33. The molecular formula is C21H12BrN3OS. The van der Waals surface area contributed by atoms with Crippen molar-refractivity contribution in [2.24, 2.45) is 0 Å². The van der Waals surface area contributed by atoms with Crippen LogP contribution in [0.15, 0.2) is 87.6 Å². The zero-order valence-electron chi connectivity index (χ0n) is 14.0. The van der Waals surface area contributed by atoms with Gasteiger partial charge in [0.05, 0.1) is 11.4 Å². The molecule has 1 aliphatic heterocycles. The van der Waals surface area contributed by atoms with Gasteiger partial charge in [0, 0.05) is 21.1 Å². The number of ketones is 1. The SMILES string of the molecule is N#CC(C#N)=C1C=CC=CN1/C(=C/c1cccs1)C(=O)c1ccc(Br)cc1. The molecule has 27 heavy (non-hydrogen) atoms. The second-order valence-electron chi connectivity index (χ2n) is 5.44. The molecule has 2 aromatic rings. The van der Waals surface area contributed by atoms with Gasteiger partial charge < -0.3 is 4.90 Å². The number of carbonyl (C=O) groups excluding carboxylic acids is 1. The minimum Gasteiger partial charge on any atom is -0.312 e. The zero-order chi connectivity index (χ0) is 19.2. The average molecular weight is 434 g/mol. The highest BCUT2D eigenvalue weighted by atomic mass is 79.9. The van der Waals surface area contributed by atoms with Crippen molar-refractivity contribution >= 4 is 39.1 Å². The molecule has 0 radical (unpaired) electrons. The lowest BCUT2D eigenvalue weighted by molar-refractivity contribution is 0.101. The maximum Gasteiger partial charge on any atom is 0.209 e. The van der Waals surface area contributed by atoms with E-state index in [-0.39, 0.29) is 11.4 Å². The molecule has 130 valence electrons. The van der Waals surface area contributed by atoms with Gasteiger partial charge >= 0.3 is 0 Å². The maximum absolute atomic E-state index is 13.3. The standard InChI is InChI=1S/C21H12BrN3OS/c22-17-8-6-15(7-9-17)21(26)20(12-18-4-3-11-27-18)25-10-2-1-5-19(25)16(13-23)14-24/h1-12H/b20-12+. The highest BCUT2D eigenvalue weighted by Gasteiger charge is 2.23. The van der Waals surface area contributed by atoms with Crippen molar-refractivity contribution in [3.05, 3.63) is 98.1 Å². The lowest BCUT2D eigenvalue weighted by atomic mass is 10.0. The fraction of sp³-hybridized carbons (Fsp3) is 0. The van der Waals surface area contributed by atoms with E-state index in [0.717, 1.165) is 9.35 Å². The first-order valence-corrected chi connectivity index (χ1v) is 9.55. The zero-order valence-corrected chi connectivity index (χ0v) is 16.4.